The molecule has 0 heterocycles. The van der Waals surface area contributed by atoms with Gasteiger partial charge in [-0.2, -0.15) is 0 Å². The number of amides is 2. The Morgan fingerprint density at radius 1 is 1.26 bits per heavy atom. The van der Waals surface area contributed by atoms with Gasteiger partial charge in [-0.15, -0.1) is 0 Å². The summed E-state index contributed by atoms with van der Waals surface area (Å²) in [7, 11) is 0. The SMILES string of the molecule is CC(=O)N(CCc1ccc(Cl)cc1Cl)CC(=O)NC1CCCC1. The third-order valence-corrected chi connectivity index (χ3v) is 4.75. The van der Waals surface area contributed by atoms with E-state index in [1.807, 2.05) is 6.07 Å². The molecule has 0 atom stereocenters. The normalized spacial score (nSPS) is 14.7. The summed E-state index contributed by atoms with van der Waals surface area (Å²) in [6, 6.07) is 5.57. The Morgan fingerprint density at radius 2 is 1.96 bits per heavy atom. The molecule has 1 fully saturated rings. The van der Waals surface area contributed by atoms with Crippen LogP contribution in [0.4, 0.5) is 0 Å². The molecule has 2 amide bonds. The van der Waals surface area contributed by atoms with E-state index in [4.69, 9.17) is 23.2 Å². The van der Waals surface area contributed by atoms with Crippen molar-refractivity contribution < 1.29 is 9.59 Å². The molecule has 0 radical (unpaired) electrons. The van der Waals surface area contributed by atoms with Gasteiger partial charge >= 0.3 is 0 Å². The zero-order chi connectivity index (χ0) is 16.8. The Hall–Kier alpha value is -1.26. The van der Waals surface area contributed by atoms with Crippen molar-refractivity contribution in [3.05, 3.63) is 33.8 Å². The van der Waals surface area contributed by atoms with Gasteiger partial charge in [0.05, 0.1) is 6.54 Å². The molecule has 0 aromatic heterocycles. The van der Waals surface area contributed by atoms with Gasteiger partial charge in [0, 0.05) is 29.6 Å². The quantitative estimate of drug-likeness (QED) is 0.848. The van der Waals surface area contributed by atoms with Crippen molar-refractivity contribution >= 4 is 35.0 Å². The first kappa shape index (κ1) is 18.1. The van der Waals surface area contributed by atoms with E-state index in [-0.39, 0.29) is 24.4 Å². The van der Waals surface area contributed by atoms with E-state index < -0.39 is 0 Å². The Morgan fingerprint density at radius 3 is 2.57 bits per heavy atom. The van der Waals surface area contributed by atoms with E-state index in [0.717, 1.165) is 31.2 Å². The molecule has 4 nitrogen and oxygen atoms in total. The van der Waals surface area contributed by atoms with Crippen molar-refractivity contribution in [3.8, 4) is 0 Å². The molecule has 0 unspecified atom stereocenters. The molecule has 23 heavy (non-hydrogen) atoms. The predicted molar refractivity (Wildman–Crippen MR) is 92.8 cm³/mol. The molecule has 1 aromatic carbocycles. The van der Waals surface area contributed by atoms with Crippen LogP contribution in [-0.4, -0.2) is 35.8 Å². The lowest BCUT2D eigenvalue weighted by molar-refractivity contribution is -0.134. The van der Waals surface area contributed by atoms with Gasteiger partial charge in [-0.05, 0) is 37.0 Å². The van der Waals surface area contributed by atoms with Crippen molar-refractivity contribution in [2.24, 2.45) is 0 Å². The van der Waals surface area contributed by atoms with E-state index in [0.29, 0.717) is 23.0 Å². The van der Waals surface area contributed by atoms with Gasteiger partial charge in [-0.1, -0.05) is 42.1 Å². The Bertz CT molecular complexity index is 572. The molecule has 1 saturated carbocycles. The third-order valence-electron chi connectivity index (χ3n) is 4.17. The maximum absolute atomic E-state index is 12.1. The number of benzene rings is 1. The highest BCUT2D eigenvalue weighted by Gasteiger charge is 2.19. The Labute approximate surface area is 147 Å². The van der Waals surface area contributed by atoms with Gasteiger partial charge in [-0.25, -0.2) is 0 Å². The van der Waals surface area contributed by atoms with Crippen molar-refractivity contribution in [1.82, 2.24) is 10.2 Å². The van der Waals surface area contributed by atoms with Crippen LogP contribution in [0.5, 0.6) is 0 Å². The van der Waals surface area contributed by atoms with Gasteiger partial charge in [-0.3, -0.25) is 9.59 Å². The predicted octanol–water partition coefficient (Wildman–Crippen LogP) is 3.44. The molecule has 0 spiro atoms. The second-order valence-electron chi connectivity index (χ2n) is 5.98. The van der Waals surface area contributed by atoms with E-state index in [2.05, 4.69) is 5.32 Å². The molecule has 2 rings (SSSR count). The summed E-state index contributed by atoms with van der Waals surface area (Å²) in [4.78, 5) is 25.4. The molecular weight excluding hydrogens is 335 g/mol. The standard InChI is InChI=1S/C17H22Cl2N2O2/c1-12(22)21(11-17(23)20-15-4-2-3-5-15)9-8-13-6-7-14(18)10-16(13)19/h6-7,10,15H,2-5,8-9,11H2,1H3,(H,20,23). The Kier molecular flexibility index (Phi) is 6.72. The minimum absolute atomic E-state index is 0.0886. The molecule has 1 aromatic rings. The van der Waals surface area contributed by atoms with E-state index in [1.165, 1.54) is 6.92 Å². The zero-order valence-corrected chi connectivity index (χ0v) is 14.8. The fourth-order valence-electron chi connectivity index (χ4n) is 2.84. The van der Waals surface area contributed by atoms with Crippen LogP contribution in [0.2, 0.25) is 10.0 Å². The van der Waals surface area contributed by atoms with Crippen LogP contribution in [0.1, 0.15) is 38.2 Å². The Balaban J connectivity index is 1.87. The lowest BCUT2D eigenvalue weighted by Crippen LogP contribution is -2.43. The highest BCUT2D eigenvalue weighted by Crippen LogP contribution is 2.21. The fraction of sp³-hybridized carbons (Fsp3) is 0.529. The number of hydrogen-bond acceptors (Lipinski definition) is 2. The molecule has 1 aliphatic carbocycles. The third kappa shape index (κ3) is 5.70. The first-order chi connectivity index (χ1) is 11.0. The summed E-state index contributed by atoms with van der Waals surface area (Å²) in [6.07, 6.45) is 4.98. The van der Waals surface area contributed by atoms with E-state index in [1.54, 1.807) is 17.0 Å². The van der Waals surface area contributed by atoms with Gasteiger partial charge in [0.1, 0.15) is 0 Å². The van der Waals surface area contributed by atoms with Crippen LogP contribution in [0.25, 0.3) is 0 Å². The molecule has 6 heteroatoms. The number of hydrogen-bond donors (Lipinski definition) is 1. The lowest BCUT2D eigenvalue weighted by Gasteiger charge is -2.22. The summed E-state index contributed by atoms with van der Waals surface area (Å²) in [5.74, 6) is -0.203. The summed E-state index contributed by atoms with van der Waals surface area (Å²) in [5.41, 5.74) is 0.915. The highest BCUT2D eigenvalue weighted by molar-refractivity contribution is 6.35. The first-order valence-electron chi connectivity index (χ1n) is 7.94. The molecule has 1 N–H and O–H groups in total. The summed E-state index contributed by atoms with van der Waals surface area (Å²) in [5, 5.41) is 4.17. The summed E-state index contributed by atoms with van der Waals surface area (Å²) >= 11 is 12.0. The molecule has 1 aliphatic rings. The molecule has 126 valence electrons. The second kappa shape index (κ2) is 8.55. The van der Waals surface area contributed by atoms with Crippen LogP contribution in [-0.2, 0) is 16.0 Å². The largest absolute Gasteiger partial charge is 0.352 e. The fourth-order valence-corrected chi connectivity index (χ4v) is 3.35. The molecular formula is C17H22Cl2N2O2. The summed E-state index contributed by atoms with van der Waals surface area (Å²) < 4.78 is 0. The topological polar surface area (TPSA) is 49.4 Å². The average Bonchev–Trinajstić information content (AvgIpc) is 2.97. The number of nitrogens with one attached hydrogen (secondary N) is 1. The van der Waals surface area contributed by atoms with Crippen LogP contribution >= 0.6 is 23.2 Å². The van der Waals surface area contributed by atoms with Gasteiger partial charge in [0.2, 0.25) is 11.8 Å². The minimum Gasteiger partial charge on any atom is -0.352 e. The first-order valence-corrected chi connectivity index (χ1v) is 8.70. The maximum atomic E-state index is 12.1. The van der Waals surface area contributed by atoms with E-state index >= 15 is 0 Å². The summed E-state index contributed by atoms with van der Waals surface area (Å²) in [6.45, 7) is 2.03. The number of nitrogens with zero attached hydrogens (tertiary/aromatic N) is 1. The number of halogens is 2. The minimum atomic E-state index is -0.114. The monoisotopic (exact) mass is 356 g/mol. The van der Waals surface area contributed by atoms with Crippen molar-refractivity contribution in [3.63, 3.8) is 0 Å². The number of carbonyl (C=O) groups is 2. The van der Waals surface area contributed by atoms with Gasteiger partial charge in [0.15, 0.2) is 0 Å². The molecule has 0 aliphatic heterocycles. The van der Waals surface area contributed by atoms with Crippen LogP contribution in [0.15, 0.2) is 18.2 Å². The van der Waals surface area contributed by atoms with Crippen molar-refractivity contribution in [2.75, 3.05) is 13.1 Å². The average molecular weight is 357 g/mol. The van der Waals surface area contributed by atoms with E-state index in [9.17, 15) is 9.59 Å². The second-order valence-corrected chi connectivity index (χ2v) is 6.82. The van der Waals surface area contributed by atoms with Gasteiger partial charge < -0.3 is 10.2 Å². The lowest BCUT2D eigenvalue weighted by atomic mass is 10.1. The van der Waals surface area contributed by atoms with Crippen molar-refractivity contribution in [2.45, 2.75) is 45.1 Å². The highest BCUT2D eigenvalue weighted by atomic mass is 35.5. The van der Waals surface area contributed by atoms with Gasteiger partial charge in [0.25, 0.3) is 0 Å². The van der Waals surface area contributed by atoms with Crippen LogP contribution < -0.4 is 5.32 Å². The van der Waals surface area contributed by atoms with Crippen LogP contribution in [0.3, 0.4) is 0 Å². The smallest absolute Gasteiger partial charge is 0.239 e. The zero-order valence-electron chi connectivity index (χ0n) is 13.3. The number of carbonyl (C=O) groups excluding carboxylic acids is 2. The molecule has 0 saturated heterocycles. The number of rotatable bonds is 6. The maximum Gasteiger partial charge on any atom is 0.239 e. The van der Waals surface area contributed by atoms with Crippen molar-refractivity contribution in [1.29, 1.82) is 0 Å². The molecule has 0 bridgehead atoms. The van der Waals surface area contributed by atoms with Crippen LogP contribution in [0, 0.1) is 0 Å².